The third-order valence-electron chi connectivity index (χ3n) is 1.90. The molecule has 2 aromatic rings. The van der Waals surface area contributed by atoms with Gasteiger partial charge in [0.2, 0.25) is 0 Å². The molecule has 0 fully saturated rings. The molecular formula is C10H7BrN2O2. The number of carboxylic acid groups (broad SMARTS) is 1. The van der Waals surface area contributed by atoms with Gasteiger partial charge in [0.25, 0.3) is 0 Å². The molecule has 0 aromatic carbocycles. The number of rotatable bonds is 2. The summed E-state index contributed by atoms with van der Waals surface area (Å²) in [5.74, 6) is -0.970. The summed E-state index contributed by atoms with van der Waals surface area (Å²) in [6.07, 6.45) is 6.05. The van der Waals surface area contributed by atoms with E-state index in [2.05, 4.69) is 20.9 Å². The van der Waals surface area contributed by atoms with Crippen LogP contribution in [0.4, 0.5) is 0 Å². The van der Waals surface area contributed by atoms with Gasteiger partial charge < -0.3 is 9.51 Å². The monoisotopic (exact) mass is 266 g/mol. The molecule has 0 aliphatic rings. The van der Waals surface area contributed by atoms with Gasteiger partial charge in [-0.2, -0.15) is 0 Å². The number of carboxylic acids is 1. The largest absolute Gasteiger partial charge is 0.478 e. The minimum atomic E-state index is -0.970. The summed E-state index contributed by atoms with van der Waals surface area (Å²) in [5, 5.41) is 8.50. The number of nitrogens with zero attached hydrogens (tertiary/aromatic N) is 2. The van der Waals surface area contributed by atoms with E-state index in [1.54, 1.807) is 6.20 Å². The molecule has 2 aromatic heterocycles. The van der Waals surface area contributed by atoms with Crippen LogP contribution in [0.3, 0.4) is 0 Å². The number of carbonyl (C=O) groups is 1. The number of pyridine rings is 1. The van der Waals surface area contributed by atoms with Gasteiger partial charge in [-0.15, -0.1) is 0 Å². The summed E-state index contributed by atoms with van der Waals surface area (Å²) in [6.45, 7) is 0. The predicted octanol–water partition coefficient (Wildman–Crippen LogP) is 2.19. The van der Waals surface area contributed by atoms with Crippen molar-refractivity contribution in [1.29, 1.82) is 0 Å². The first kappa shape index (κ1) is 9.92. The lowest BCUT2D eigenvalue weighted by Gasteiger charge is -1.96. The highest BCUT2D eigenvalue weighted by Crippen LogP contribution is 2.14. The van der Waals surface area contributed by atoms with Gasteiger partial charge in [0.05, 0.1) is 11.9 Å². The quantitative estimate of drug-likeness (QED) is 0.848. The van der Waals surface area contributed by atoms with Crippen molar-refractivity contribution < 1.29 is 9.90 Å². The highest BCUT2D eigenvalue weighted by atomic mass is 79.9. The number of hydrogen-bond donors (Lipinski definition) is 1. The van der Waals surface area contributed by atoms with Crippen LogP contribution in [0.1, 0.15) is 5.69 Å². The van der Waals surface area contributed by atoms with Crippen molar-refractivity contribution in [3.05, 3.63) is 40.8 Å². The molecule has 0 amide bonds. The lowest BCUT2D eigenvalue weighted by Crippen LogP contribution is -1.89. The van der Waals surface area contributed by atoms with Crippen LogP contribution in [0.25, 0.3) is 11.7 Å². The van der Waals surface area contributed by atoms with Crippen molar-refractivity contribution in [1.82, 2.24) is 9.38 Å². The Bertz CT molecular complexity index is 545. The Morgan fingerprint density at radius 1 is 1.60 bits per heavy atom. The van der Waals surface area contributed by atoms with Gasteiger partial charge in [-0.05, 0) is 18.2 Å². The molecule has 0 bridgehead atoms. The van der Waals surface area contributed by atoms with Crippen LogP contribution in [-0.2, 0) is 4.79 Å². The van der Waals surface area contributed by atoms with Crippen LogP contribution in [0.15, 0.2) is 35.1 Å². The molecule has 4 nitrogen and oxygen atoms in total. The summed E-state index contributed by atoms with van der Waals surface area (Å²) >= 11 is 3.34. The van der Waals surface area contributed by atoms with E-state index in [0.29, 0.717) is 0 Å². The maximum Gasteiger partial charge on any atom is 0.328 e. The Labute approximate surface area is 94.0 Å². The first-order chi connectivity index (χ1) is 7.16. The number of hydrogen-bond acceptors (Lipinski definition) is 2. The smallest absolute Gasteiger partial charge is 0.328 e. The van der Waals surface area contributed by atoms with Crippen LogP contribution in [0, 0.1) is 0 Å². The second kappa shape index (κ2) is 3.86. The van der Waals surface area contributed by atoms with Crippen molar-refractivity contribution in [3.63, 3.8) is 0 Å². The first-order valence-corrected chi connectivity index (χ1v) is 5.00. The molecule has 2 rings (SSSR count). The van der Waals surface area contributed by atoms with E-state index >= 15 is 0 Å². The third-order valence-corrected chi connectivity index (χ3v) is 2.39. The van der Waals surface area contributed by atoms with Gasteiger partial charge in [0.1, 0.15) is 5.65 Å². The van der Waals surface area contributed by atoms with Crippen molar-refractivity contribution in [2.75, 3.05) is 0 Å². The van der Waals surface area contributed by atoms with E-state index in [1.807, 2.05) is 22.7 Å². The minimum absolute atomic E-state index is 0.736. The highest BCUT2D eigenvalue weighted by molar-refractivity contribution is 9.10. The fraction of sp³-hybridized carbons (Fsp3) is 0. The van der Waals surface area contributed by atoms with E-state index in [-0.39, 0.29) is 0 Å². The molecule has 0 spiro atoms. The standard InChI is InChI=1S/C10H7BrN2O2/c11-7-3-4-13-8(1-2-10(14)15)6-12-9(13)5-7/h1-6H,(H,14,15)/b2-1+. The molecule has 0 aliphatic heterocycles. The Kier molecular flexibility index (Phi) is 2.55. The molecule has 0 aliphatic carbocycles. The molecule has 0 saturated carbocycles. The number of aromatic nitrogens is 2. The van der Waals surface area contributed by atoms with Crippen LogP contribution < -0.4 is 0 Å². The zero-order valence-corrected chi connectivity index (χ0v) is 9.18. The Morgan fingerprint density at radius 2 is 2.40 bits per heavy atom. The molecule has 5 heteroatoms. The number of aliphatic carboxylic acids is 1. The van der Waals surface area contributed by atoms with Gasteiger partial charge in [-0.25, -0.2) is 9.78 Å². The molecule has 76 valence electrons. The van der Waals surface area contributed by atoms with E-state index in [4.69, 9.17) is 5.11 Å². The van der Waals surface area contributed by atoms with Crippen LogP contribution in [-0.4, -0.2) is 20.5 Å². The SMILES string of the molecule is O=C(O)/C=C/c1cnc2cc(Br)ccn12. The van der Waals surface area contributed by atoms with Crippen LogP contribution in [0.2, 0.25) is 0 Å². The van der Waals surface area contributed by atoms with Crippen molar-refractivity contribution in [3.8, 4) is 0 Å². The van der Waals surface area contributed by atoms with Crippen molar-refractivity contribution in [2.24, 2.45) is 0 Å². The van der Waals surface area contributed by atoms with Crippen molar-refractivity contribution >= 4 is 33.6 Å². The molecule has 1 N–H and O–H groups in total. The highest BCUT2D eigenvalue weighted by Gasteiger charge is 2.00. The Morgan fingerprint density at radius 3 is 3.13 bits per heavy atom. The molecule has 0 saturated heterocycles. The average Bonchev–Trinajstić information content (AvgIpc) is 2.57. The van der Waals surface area contributed by atoms with Gasteiger partial charge in [-0.3, -0.25) is 0 Å². The van der Waals surface area contributed by atoms with Gasteiger partial charge >= 0.3 is 5.97 Å². The van der Waals surface area contributed by atoms with E-state index in [9.17, 15) is 4.79 Å². The second-order valence-electron chi connectivity index (χ2n) is 2.93. The zero-order chi connectivity index (χ0) is 10.8. The number of imidazole rings is 1. The minimum Gasteiger partial charge on any atom is -0.478 e. The van der Waals surface area contributed by atoms with E-state index < -0.39 is 5.97 Å². The zero-order valence-electron chi connectivity index (χ0n) is 7.59. The second-order valence-corrected chi connectivity index (χ2v) is 3.84. The summed E-state index contributed by atoms with van der Waals surface area (Å²) in [5.41, 5.74) is 1.51. The maximum atomic E-state index is 10.4. The Balaban J connectivity index is 2.50. The maximum absolute atomic E-state index is 10.4. The summed E-state index contributed by atoms with van der Waals surface area (Å²) in [6, 6.07) is 3.73. The van der Waals surface area contributed by atoms with E-state index in [1.165, 1.54) is 6.08 Å². The lowest BCUT2D eigenvalue weighted by atomic mass is 10.4. The summed E-state index contributed by atoms with van der Waals surface area (Å²) in [4.78, 5) is 14.5. The molecule has 0 radical (unpaired) electrons. The fourth-order valence-electron chi connectivity index (χ4n) is 1.26. The topological polar surface area (TPSA) is 54.6 Å². The lowest BCUT2D eigenvalue weighted by molar-refractivity contribution is -0.131. The Hall–Kier alpha value is -1.62. The molecule has 15 heavy (non-hydrogen) atoms. The van der Waals surface area contributed by atoms with Gasteiger partial charge in [0.15, 0.2) is 0 Å². The normalized spacial score (nSPS) is 11.3. The van der Waals surface area contributed by atoms with Gasteiger partial charge in [0, 0.05) is 16.7 Å². The molecule has 2 heterocycles. The van der Waals surface area contributed by atoms with Crippen LogP contribution >= 0.6 is 15.9 Å². The number of halogens is 1. The average molecular weight is 267 g/mol. The molecule has 0 unspecified atom stereocenters. The molecule has 0 atom stereocenters. The first-order valence-electron chi connectivity index (χ1n) is 4.20. The van der Waals surface area contributed by atoms with E-state index in [0.717, 1.165) is 21.9 Å². The van der Waals surface area contributed by atoms with Gasteiger partial charge in [-0.1, -0.05) is 15.9 Å². The van der Waals surface area contributed by atoms with Crippen LogP contribution in [0.5, 0.6) is 0 Å². The number of fused-ring (bicyclic) bond motifs is 1. The predicted molar refractivity (Wildman–Crippen MR) is 59.6 cm³/mol. The summed E-state index contributed by atoms with van der Waals surface area (Å²) < 4.78 is 2.75. The van der Waals surface area contributed by atoms with Crippen molar-refractivity contribution in [2.45, 2.75) is 0 Å². The third kappa shape index (κ3) is 2.07. The summed E-state index contributed by atoms with van der Waals surface area (Å²) in [7, 11) is 0. The fourth-order valence-corrected chi connectivity index (χ4v) is 1.58. The molecular weight excluding hydrogens is 260 g/mol.